The maximum absolute atomic E-state index is 13.7. The van der Waals surface area contributed by atoms with Crippen LogP contribution in [0.4, 0.5) is 13.9 Å². The topological polar surface area (TPSA) is 70.1 Å². The molecule has 1 aliphatic rings. The van der Waals surface area contributed by atoms with Gasteiger partial charge in [0.25, 0.3) is 0 Å². The zero-order chi connectivity index (χ0) is 22.5. The predicted octanol–water partition coefficient (Wildman–Crippen LogP) is 4.34. The molecule has 9 heteroatoms. The van der Waals surface area contributed by atoms with Gasteiger partial charge in [-0.2, -0.15) is 11.8 Å². The zero-order valence-electron chi connectivity index (χ0n) is 17.7. The third-order valence-corrected chi connectivity index (χ3v) is 7.33. The molecule has 4 rings (SSSR count). The van der Waals surface area contributed by atoms with Crippen molar-refractivity contribution in [2.24, 2.45) is 0 Å². The molecule has 0 saturated heterocycles. The van der Waals surface area contributed by atoms with Crippen molar-refractivity contribution in [1.82, 2.24) is 15.5 Å². The van der Waals surface area contributed by atoms with E-state index in [4.69, 9.17) is 0 Å². The minimum atomic E-state index is -0.810. The van der Waals surface area contributed by atoms with Crippen molar-refractivity contribution >= 4 is 28.2 Å². The fourth-order valence-electron chi connectivity index (χ4n) is 3.93. The van der Waals surface area contributed by atoms with Crippen molar-refractivity contribution in [1.29, 1.82) is 0 Å². The average Bonchev–Trinajstić information content (AvgIpc) is 3.29. The minimum absolute atomic E-state index is 0.138. The van der Waals surface area contributed by atoms with Gasteiger partial charge in [-0.05, 0) is 47.2 Å². The molecule has 0 amide bonds. The number of hydrogen-bond donors (Lipinski definition) is 3. The summed E-state index contributed by atoms with van der Waals surface area (Å²) < 4.78 is 27.4. The van der Waals surface area contributed by atoms with Crippen LogP contribution in [0.5, 0.6) is 0 Å². The van der Waals surface area contributed by atoms with Gasteiger partial charge in [0.15, 0.2) is 0 Å². The molecule has 3 atom stereocenters. The molecule has 170 valence electrons. The summed E-state index contributed by atoms with van der Waals surface area (Å²) in [6.07, 6.45) is 0.413. The molecule has 0 fully saturated rings. The molecule has 3 N–H and O–H groups in total. The summed E-state index contributed by atoms with van der Waals surface area (Å²) in [4.78, 5) is 0. The summed E-state index contributed by atoms with van der Waals surface area (Å²) in [5.41, 5.74) is 5.97. The molecule has 1 aromatic heterocycles. The van der Waals surface area contributed by atoms with Crippen molar-refractivity contribution in [3.05, 3.63) is 75.8 Å². The number of nitrogens with one attached hydrogen (secondary N) is 2. The smallest absolute Gasteiger partial charge is 0.205 e. The Kier molecular flexibility index (Phi) is 7.72. The fourth-order valence-corrected chi connectivity index (χ4v) is 5.57. The molecule has 0 bridgehead atoms. The van der Waals surface area contributed by atoms with Crippen LogP contribution < -0.4 is 10.6 Å². The van der Waals surface area contributed by atoms with E-state index >= 15 is 0 Å². The van der Waals surface area contributed by atoms with E-state index in [-0.39, 0.29) is 12.5 Å². The Bertz CT molecular complexity index is 1010. The van der Waals surface area contributed by atoms with E-state index in [2.05, 4.69) is 46.0 Å². The standard InChI is InChI=1S/C23H26F2N4OS2/c1-2-14-3-4-16-11-31-12-21(19(16)7-14)26-10-22(30)20(28-23-29-27-13-32-23)8-15-5-17(24)9-18(25)6-15/h3-7,9,13,20-22,26,30H,2,8,10-12H2,1H3,(H,28,29). The van der Waals surface area contributed by atoms with Crippen LogP contribution >= 0.6 is 23.1 Å². The third-order valence-electron chi connectivity index (χ3n) is 5.62. The second-order valence-corrected chi connectivity index (χ2v) is 9.77. The van der Waals surface area contributed by atoms with Crippen LogP contribution in [0, 0.1) is 11.6 Å². The van der Waals surface area contributed by atoms with E-state index in [1.807, 2.05) is 11.8 Å². The first-order chi connectivity index (χ1) is 15.5. The Morgan fingerprint density at radius 1 is 1.16 bits per heavy atom. The number of aryl methyl sites for hydroxylation is 1. The Morgan fingerprint density at radius 2 is 1.97 bits per heavy atom. The molecular weight excluding hydrogens is 450 g/mol. The molecule has 0 spiro atoms. The summed E-state index contributed by atoms with van der Waals surface area (Å²) in [6.45, 7) is 2.47. The number of benzene rings is 2. The van der Waals surface area contributed by atoms with Crippen LogP contribution in [0.1, 0.15) is 35.2 Å². The Balaban J connectivity index is 1.47. The van der Waals surface area contributed by atoms with Gasteiger partial charge in [0.1, 0.15) is 17.1 Å². The lowest BCUT2D eigenvalue weighted by molar-refractivity contribution is 0.146. The fraction of sp³-hybridized carbons (Fsp3) is 0.391. The number of aliphatic hydroxyl groups is 1. The van der Waals surface area contributed by atoms with Gasteiger partial charge in [-0.15, -0.1) is 10.2 Å². The highest BCUT2D eigenvalue weighted by molar-refractivity contribution is 7.98. The largest absolute Gasteiger partial charge is 0.390 e. The number of rotatable bonds is 9. The highest BCUT2D eigenvalue weighted by Gasteiger charge is 2.25. The number of thioether (sulfide) groups is 1. The van der Waals surface area contributed by atoms with E-state index in [0.717, 1.165) is 24.0 Å². The summed E-state index contributed by atoms with van der Waals surface area (Å²) >= 11 is 3.18. The van der Waals surface area contributed by atoms with Crippen LogP contribution in [0.3, 0.4) is 0 Å². The normalized spacial score (nSPS) is 17.6. The second kappa shape index (κ2) is 10.7. The first-order valence-electron chi connectivity index (χ1n) is 10.6. The molecule has 3 aromatic rings. The van der Waals surface area contributed by atoms with Gasteiger partial charge >= 0.3 is 0 Å². The second-order valence-electron chi connectivity index (χ2n) is 7.91. The molecule has 0 saturated carbocycles. The van der Waals surface area contributed by atoms with Crippen LogP contribution in [0.2, 0.25) is 0 Å². The summed E-state index contributed by atoms with van der Waals surface area (Å²) in [7, 11) is 0. The Labute approximate surface area is 194 Å². The number of fused-ring (bicyclic) bond motifs is 1. The highest BCUT2D eigenvalue weighted by Crippen LogP contribution is 2.32. The number of nitrogens with zero attached hydrogens (tertiary/aromatic N) is 2. The van der Waals surface area contributed by atoms with Crippen molar-refractivity contribution in [2.45, 2.75) is 43.7 Å². The van der Waals surface area contributed by atoms with Crippen LogP contribution in [-0.2, 0) is 18.6 Å². The van der Waals surface area contributed by atoms with E-state index in [1.54, 1.807) is 5.51 Å². The van der Waals surface area contributed by atoms with Crippen LogP contribution in [0.15, 0.2) is 41.9 Å². The van der Waals surface area contributed by atoms with Crippen LogP contribution in [0.25, 0.3) is 0 Å². The molecule has 2 heterocycles. The summed E-state index contributed by atoms with van der Waals surface area (Å²) in [5, 5.41) is 26.1. The van der Waals surface area contributed by atoms with E-state index in [0.29, 0.717) is 17.2 Å². The van der Waals surface area contributed by atoms with Gasteiger partial charge in [0.05, 0.1) is 12.1 Å². The molecule has 3 unspecified atom stereocenters. The number of anilines is 1. The SMILES string of the molecule is CCc1ccc2c(c1)C(NCC(O)C(Cc1cc(F)cc(F)c1)Nc1nncs1)CSC2. The summed E-state index contributed by atoms with van der Waals surface area (Å²) in [6, 6.07) is 9.70. The maximum atomic E-state index is 13.7. The van der Waals surface area contributed by atoms with Crippen molar-refractivity contribution < 1.29 is 13.9 Å². The summed E-state index contributed by atoms with van der Waals surface area (Å²) in [5.74, 6) is 0.651. The molecule has 32 heavy (non-hydrogen) atoms. The maximum Gasteiger partial charge on any atom is 0.205 e. The van der Waals surface area contributed by atoms with Gasteiger partial charge in [-0.25, -0.2) is 8.78 Å². The lowest BCUT2D eigenvalue weighted by atomic mass is 9.97. The first kappa shape index (κ1) is 23.1. The van der Waals surface area contributed by atoms with Gasteiger partial charge in [0.2, 0.25) is 5.13 Å². The molecule has 0 radical (unpaired) electrons. The minimum Gasteiger partial charge on any atom is -0.390 e. The Hall–Kier alpha value is -2.07. The number of aromatic nitrogens is 2. The van der Waals surface area contributed by atoms with Gasteiger partial charge < -0.3 is 15.7 Å². The van der Waals surface area contributed by atoms with Crippen molar-refractivity contribution in [3.8, 4) is 0 Å². The first-order valence-corrected chi connectivity index (χ1v) is 12.6. The molecule has 1 aliphatic heterocycles. The molecule has 2 aromatic carbocycles. The van der Waals surface area contributed by atoms with Gasteiger partial charge in [-0.1, -0.05) is 36.5 Å². The van der Waals surface area contributed by atoms with Crippen molar-refractivity contribution in [3.63, 3.8) is 0 Å². The highest BCUT2D eigenvalue weighted by atomic mass is 32.2. The van der Waals surface area contributed by atoms with E-state index < -0.39 is 23.8 Å². The van der Waals surface area contributed by atoms with Gasteiger partial charge in [0, 0.05) is 30.2 Å². The lowest BCUT2D eigenvalue weighted by Gasteiger charge is -2.30. The quantitative estimate of drug-likeness (QED) is 0.427. The molecular formula is C23H26F2N4OS2. The third kappa shape index (κ3) is 5.83. The van der Waals surface area contributed by atoms with Gasteiger partial charge in [-0.3, -0.25) is 0 Å². The molecule has 5 nitrogen and oxygen atoms in total. The number of hydrogen-bond acceptors (Lipinski definition) is 7. The zero-order valence-corrected chi connectivity index (χ0v) is 19.4. The monoisotopic (exact) mass is 476 g/mol. The van der Waals surface area contributed by atoms with E-state index in [1.165, 1.54) is 40.2 Å². The van der Waals surface area contributed by atoms with Crippen LogP contribution in [-0.4, -0.2) is 39.7 Å². The van der Waals surface area contributed by atoms with Crippen molar-refractivity contribution in [2.75, 3.05) is 17.6 Å². The average molecular weight is 477 g/mol. The lowest BCUT2D eigenvalue weighted by Crippen LogP contribution is -2.44. The number of halogens is 2. The van der Waals surface area contributed by atoms with E-state index in [9.17, 15) is 13.9 Å². The predicted molar refractivity (Wildman–Crippen MR) is 126 cm³/mol. The Morgan fingerprint density at radius 3 is 2.69 bits per heavy atom. The number of aliphatic hydroxyl groups excluding tert-OH is 1. The molecule has 0 aliphatic carbocycles.